The van der Waals surface area contributed by atoms with E-state index >= 15 is 0 Å². The molecule has 174 valence electrons. The van der Waals surface area contributed by atoms with Crippen molar-refractivity contribution in [2.24, 2.45) is 0 Å². The van der Waals surface area contributed by atoms with Crippen LogP contribution in [-0.2, 0) is 15.8 Å². The summed E-state index contributed by atoms with van der Waals surface area (Å²) in [6, 6.07) is 18.1. The number of imide groups is 1. The van der Waals surface area contributed by atoms with Gasteiger partial charge in [0.05, 0.1) is 23.4 Å². The Bertz CT molecular complexity index is 1280. The summed E-state index contributed by atoms with van der Waals surface area (Å²) in [4.78, 5) is 28.1. The molecule has 1 N–H and O–H groups in total. The second-order valence-corrected chi connectivity index (χ2v) is 7.67. The van der Waals surface area contributed by atoms with E-state index in [1.54, 1.807) is 55.5 Å². The van der Waals surface area contributed by atoms with Crippen LogP contribution in [0, 0.1) is 6.92 Å². The van der Waals surface area contributed by atoms with Crippen molar-refractivity contribution in [1.29, 1.82) is 0 Å². The van der Waals surface area contributed by atoms with Crippen molar-refractivity contribution in [1.82, 2.24) is 0 Å². The molecule has 34 heavy (non-hydrogen) atoms. The summed E-state index contributed by atoms with van der Waals surface area (Å²) in [5.74, 6) is -0.948. The number of para-hydroxylation sites is 2. The third kappa shape index (κ3) is 4.39. The Kier molecular flexibility index (Phi) is 6.15. The van der Waals surface area contributed by atoms with Gasteiger partial charge in [0.1, 0.15) is 11.4 Å². The summed E-state index contributed by atoms with van der Waals surface area (Å²) < 4.78 is 45.3. The zero-order chi connectivity index (χ0) is 24.5. The SMILES string of the molecule is CCOc1ccccc1N1C(=O)C(Nc2cccc(C(F)(F)F)c2)=C(c2ccc(C)cc2)C1=O. The molecule has 2 amide bonds. The van der Waals surface area contributed by atoms with Gasteiger partial charge in [0.25, 0.3) is 11.8 Å². The van der Waals surface area contributed by atoms with E-state index in [0.29, 0.717) is 17.9 Å². The minimum atomic E-state index is -4.55. The van der Waals surface area contributed by atoms with Crippen molar-refractivity contribution in [3.05, 3.63) is 95.2 Å². The fourth-order valence-corrected chi connectivity index (χ4v) is 3.69. The Morgan fingerprint density at radius 3 is 2.29 bits per heavy atom. The molecular formula is C26H21F3N2O3. The number of rotatable bonds is 6. The Balaban J connectivity index is 1.83. The molecule has 0 spiro atoms. The Morgan fingerprint density at radius 1 is 0.912 bits per heavy atom. The first kappa shape index (κ1) is 23.1. The van der Waals surface area contributed by atoms with Gasteiger partial charge in [-0.15, -0.1) is 0 Å². The van der Waals surface area contributed by atoms with Crippen LogP contribution in [0.15, 0.2) is 78.5 Å². The van der Waals surface area contributed by atoms with Gasteiger partial charge in [-0.1, -0.05) is 48.0 Å². The molecule has 4 rings (SSSR count). The molecule has 0 bridgehead atoms. The van der Waals surface area contributed by atoms with Gasteiger partial charge in [0.15, 0.2) is 0 Å². The number of aryl methyl sites for hydroxylation is 1. The number of carbonyl (C=O) groups is 2. The number of halogens is 3. The molecule has 0 saturated heterocycles. The predicted octanol–water partition coefficient (Wildman–Crippen LogP) is 5.81. The fourth-order valence-electron chi connectivity index (χ4n) is 3.69. The molecule has 0 unspecified atom stereocenters. The molecule has 1 aliphatic heterocycles. The predicted molar refractivity (Wildman–Crippen MR) is 123 cm³/mol. The summed E-state index contributed by atoms with van der Waals surface area (Å²) >= 11 is 0. The summed E-state index contributed by atoms with van der Waals surface area (Å²) in [6.45, 7) is 3.98. The largest absolute Gasteiger partial charge is 0.492 e. The highest BCUT2D eigenvalue weighted by Crippen LogP contribution is 2.38. The first-order valence-corrected chi connectivity index (χ1v) is 10.6. The molecule has 3 aromatic carbocycles. The highest BCUT2D eigenvalue weighted by molar-refractivity contribution is 6.46. The summed E-state index contributed by atoms with van der Waals surface area (Å²) in [7, 11) is 0. The molecule has 5 nitrogen and oxygen atoms in total. The van der Waals surface area contributed by atoms with Crippen molar-refractivity contribution >= 4 is 28.8 Å². The van der Waals surface area contributed by atoms with Gasteiger partial charge < -0.3 is 10.1 Å². The number of hydrogen-bond acceptors (Lipinski definition) is 4. The fraction of sp³-hybridized carbons (Fsp3) is 0.154. The third-order valence-electron chi connectivity index (χ3n) is 5.29. The number of carbonyl (C=O) groups excluding carboxylic acids is 2. The van der Waals surface area contributed by atoms with Crippen molar-refractivity contribution in [2.45, 2.75) is 20.0 Å². The molecule has 3 aromatic rings. The van der Waals surface area contributed by atoms with Crippen LogP contribution in [0.25, 0.3) is 5.57 Å². The van der Waals surface area contributed by atoms with E-state index in [2.05, 4.69) is 5.32 Å². The minimum Gasteiger partial charge on any atom is -0.492 e. The first-order valence-electron chi connectivity index (χ1n) is 10.6. The lowest BCUT2D eigenvalue weighted by atomic mass is 10.0. The topological polar surface area (TPSA) is 58.6 Å². The van der Waals surface area contributed by atoms with E-state index in [1.807, 2.05) is 6.92 Å². The second kappa shape index (κ2) is 9.05. The third-order valence-corrected chi connectivity index (χ3v) is 5.29. The molecule has 1 aliphatic rings. The molecule has 0 atom stereocenters. The van der Waals surface area contributed by atoms with E-state index in [-0.39, 0.29) is 22.6 Å². The van der Waals surface area contributed by atoms with Crippen LogP contribution in [-0.4, -0.2) is 18.4 Å². The van der Waals surface area contributed by atoms with Gasteiger partial charge in [0.2, 0.25) is 0 Å². The van der Waals surface area contributed by atoms with Crippen molar-refractivity contribution in [2.75, 3.05) is 16.8 Å². The molecule has 8 heteroatoms. The first-order chi connectivity index (χ1) is 16.2. The van der Waals surface area contributed by atoms with Crippen LogP contribution in [0.2, 0.25) is 0 Å². The summed E-state index contributed by atoms with van der Waals surface area (Å²) in [5, 5.41) is 2.77. The van der Waals surface area contributed by atoms with Gasteiger partial charge in [-0.3, -0.25) is 9.59 Å². The molecular weight excluding hydrogens is 445 g/mol. The van der Waals surface area contributed by atoms with Crippen LogP contribution in [0.5, 0.6) is 5.75 Å². The molecule has 0 aliphatic carbocycles. The van der Waals surface area contributed by atoms with E-state index in [0.717, 1.165) is 22.6 Å². The lowest BCUT2D eigenvalue weighted by Gasteiger charge is -2.19. The van der Waals surface area contributed by atoms with E-state index < -0.39 is 23.6 Å². The zero-order valence-corrected chi connectivity index (χ0v) is 18.4. The Morgan fingerprint density at radius 2 is 1.62 bits per heavy atom. The van der Waals surface area contributed by atoms with Crippen LogP contribution in [0.1, 0.15) is 23.6 Å². The van der Waals surface area contributed by atoms with Crippen LogP contribution < -0.4 is 15.0 Å². The van der Waals surface area contributed by atoms with Gasteiger partial charge in [0, 0.05) is 5.69 Å². The average molecular weight is 466 g/mol. The van der Waals surface area contributed by atoms with Crippen molar-refractivity contribution < 1.29 is 27.5 Å². The second-order valence-electron chi connectivity index (χ2n) is 7.67. The van der Waals surface area contributed by atoms with Gasteiger partial charge in [-0.25, -0.2) is 4.90 Å². The maximum atomic E-state index is 13.6. The smallest absolute Gasteiger partial charge is 0.416 e. The number of ether oxygens (including phenoxy) is 1. The zero-order valence-electron chi connectivity index (χ0n) is 18.4. The van der Waals surface area contributed by atoms with Crippen LogP contribution in [0.4, 0.5) is 24.5 Å². The number of anilines is 2. The van der Waals surface area contributed by atoms with E-state index in [9.17, 15) is 22.8 Å². The summed E-state index contributed by atoms with van der Waals surface area (Å²) in [6.07, 6.45) is -4.55. The Labute approximate surface area is 194 Å². The quantitative estimate of drug-likeness (QED) is 0.466. The number of benzene rings is 3. The van der Waals surface area contributed by atoms with Crippen molar-refractivity contribution in [3.63, 3.8) is 0 Å². The number of amides is 2. The van der Waals surface area contributed by atoms with Gasteiger partial charge in [-0.05, 0) is 49.7 Å². The number of alkyl halides is 3. The molecule has 0 radical (unpaired) electrons. The molecule has 0 saturated carbocycles. The number of nitrogens with one attached hydrogen (secondary N) is 1. The van der Waals surface area contributed by atoms with E-state index in [1.165, 1.54) is 12.1 Å². The molecule has 0 fully saturated rings. The Hall–Kier alpha value is -4.07. The number of hydrogen-bond donors (Lipinski definition) is 1. The minimum absolute atomic E-state index is 0.0375. The lowest BCUT2D eigenvalue weighted by Crippen LogP contribution is -2.32. The normalized spacial score (nSPS) is 14.1. The van der Waals surface area contributed by atoms with E-state index in [4.69, 9.17) is 4.74 Å². The molecule has 1 heterocycles. The summed E-state index contributed by atoms with van der Waals surface area (Å²) in [5.41, 5.74) is 0.792. The monoisotopic (exact) mass is 466 g/mol. The van der Waals surface area contributed by atoms with Gasteiger partial charge >= 0.3 is 6.18 Å². The van der Waals surface area contributed by atoms with Gasteiger partial charge in [-0.2, -0.15) is 13.2 Å². The van der Waals surface area contributed by atoms with Crippen molar-refractivity contribution in [3.8, 4) is 5.75 Å². The molecule has 0 aromatic heterocycles. The van der Waals surface area contributed by atoms with Crippen LogP contribution in [0.3, 0.4) is 0 Å². The maximum absolute atomic E-state index is 13.6. The highest BCUT2D eigenvalue weighted by atomic mass is 19.4. The maximum Gasteiger partial charge on any atom is 0.416 e. The number of nitrogens with zero attached hydrogens (tertiary/aromatic N) is 1. The standard InChI is InChI=1S/C26H21F3N2O3/c1-3-34-21-10-5-4-9-20(21)31-24(32)22(17-13-11-16(2)12-14-17)23(25(31)33)30-19-8-6-7-18(15-19)26(27,28)29/h4-15,30H,3H2,1-2H3. The average Bonchev–Trinajstić information content (AvgIpc) is 3.04. The highest BCUT2D eigenvalue weighted by Gasteiger charge is 2.41. The lowest BCUT2D eigenvalue weighted by molar-refractivity contribution is -0.137. The van der Waals surface area contributed by atoms with Crippen LogP contribution >= 0.6 is 0 Å².